The third-order valence-electron chi connectivity index (χ3n) is 4.54. The highest BCUT2D eigenvalue weighted by molar-refractivity contribution is 6.31. The van der Waals surface area contributed by atoms with E-state index in [1.165, 1.54) is 0 Å². The topological polar surface area (TPSA) is 44.1 Å². The zero-order chi connectivity index (χ0) is 21.1. The van der Waals surface area contributed by atoms with Crippen LogP contribution in [0.15, 0.2) is 78.9 Å². The van der Waals surface area contributed by atoms with Gasteiger partial charge in [-0.05, 0) is 37.3 Å². The highest BCUT2D eigenvalue weighted by Gasteiger charge is 2.26. The van der Waals surface area contributed by atoms with Crippen LogP contribution in [0.4, 0.5) is 0 Å². The Morgan fingerprint density at radius 3 is 2.23 bits per heavy atom. The van der Waals surface area contributed by atoms with Gasteiger partial charge in [0.2, 0.25) is 0 Å². The Bertz CT molecular complexity index is 1200. The molecule has 1 aromatic heterocycles. The number of carbonyl (C=O) groups excluding carboxylic acids is 1. The van der Waals surface area contributed by atoms with Crippen LogP contribution < -0.4 is 0 Å². The van der Waals surface area contributed by atoms with Gasteiger partial charge in [0.25, 0.3) is 0 Å². The number of nitrogens with zero attached hydrogens (tertiary/aromatic N) is 2. The van der Waals surface area contributed by atoms with Crippen LogP contribution in [0, 0.1) is 0 Å². The van der Waals surface area contributed by atoms with Gasteiger partial charge in [0.15, 0.2) is 5.69 Å². The molecule has 0 spiro atoms. The molecule has 3 aromatic carbocycles. The van der Waals surface area contributed by atoms with E-state index in [4.69, 9.17) is 32.9 Å². The molecule has 4 aromatic rings. The van der Waals surface area contributed by atoms with Crippen LogP contribution in [0.1, 0.15) is 17.4 Å². The van der Waals surface area contributed by atoms with Crippen molar-refractivity contribution in [1.29, 1.82) is 0 Å². The van der Waals surface area contributed by atoms with Gasteiger partial charge in [-0.1, -0.05) is 71.7 Å². The number of hydrogen-bond acceptors (Lipinski definition) is 3. The summed E-state index contributed by atoms with van der Waals surface area (Å²) in [6, 6.07) is 24.4. The Kier molecular flexibility index (Phi) is 5.88. The van der Waals surface area contributed by atoms with Gasteiger partial charge in [-0.3, -0.25) is 4.57 Å². The summed E-state index contributed by atoms with van der Waals surface area (Å²) in [4.78, 5) is 17.6. The summed E-state index contributed by atoms with van der Waals surface area (Å²) in [5.41, 5.74) is 3.20. The van der Waals surface area contributed by atoms with Gasteiger partial charge in [0.05, 0.1) is 12.3 Å². The van der Waals surface area contributed by atoms with Crippen molar-refractivity contribution in [1.82, 2.24) is 9.55 Å². The van der Waals surface area contributed by atoms with Crippen molar-refractivity contribution in [2.24, 2.45) is 0 Å². The van der Waals surface area contributed by atoms with E-state index in [1.807, 2.05) is 65.2 Å². The summed E-state index contributed by atoms with van der Waals surface area (Å²) in [7, 11) is 0. The van der Waals surface area contributed by atoms with Crippen molar-refractivity contribution in [3.63, 3.8) is 0 Å². The third-order valence-corrected chi connectivity index (χ3v) is 5.01. The van der Waals surface area contributed by atoms with E-state index < -0.39 is 5.97 Å². The lowest BCUT2D eigenvalue weighted by Gasteiger charge is -2.14. The van der Waals surface area contributed by atoms with E-state index in [0.717, 1.165) is 16.8 Å². The van der Waals surface area contributed by atoms with E-state index >= 15 is 0 Å². The zero-order valence-corrected chi connectivity index (χ0v) is 17.7. The Morgan fingerprint density at radius 1 is 0.900 bits per heavy atom. The second kappa shape index (κ2) is 8.74. The molecular weight excluding hydrogens is 419 g/mol. The summed E-state index contributed by atoms with van der Waals surface area (Å²) in [6.07, 6.45) is 0. The quantitative estimate of drug-likeness (QED) is 0.327. The standard InChI is InChI=1S/C24H18Cl2N2O2/c1-2-30-24(29)21-22(17-10-6-11-18(25)14-17)28(20-13-7-12-19(26)15-20)23(27-21)16-8-4-3-5-9-16/h3-15H,2H2,1H3. The predicted molar refractivity (Wildman–Crippen MR) is 120 cm³/mol. The molecule has 0 bridgehead atoms. The fourth-order valence-electron chi connectivity index (χ4n) is 3.31. The molecule has 4 rings (SSSR count). The SMILES string of the molecule is CCOC(=O)c1nc(-c2ccccc2)n(-c2cccc(Cl)c2)c1-c1cccc(Cl)c1. The maximum absolute atomic E-state index is 12.9. The number of imidazole rings is 1. The van der Waals surface area contributed by atoms with E-state index in [0.29, 0.717) is 21.6 Å². The number of rotatable bonds is 5. The molecule has 0 aliphatic carbocycles. The number of esters is 1. The van der Waals surface area contributed by atoms with Crippen molar-refractivity contribution in [2.45, 2.75) is 6.92 Å². The lowest BCUT2D eigenvalue weighted by atomic mass is 10.1. The molecule has 0 radical (unpaired) electrons. The van der Waals surface area contributed by atoms with Crippen molar-refractivity contribution in [2.75, 3.05) is 6.61 Å². The maximum atomic E-state index is 12.9. The molecule has 6 heteroatoms. The molecule has 0 amide bonds. The Morgan fingerprint density at radius 2 is 1.57 bits per heavy atom. The fourth-order valence-corrected chi connectivity index (χ4v) is 3.69. The molecular formula is C24H18Cl2N2O2. The van der Waals surface area contributed by atoms with Crippen LogP contribution in [0.3, 0.4) is 0 Å². The highest BCUT2D eigenvalue weighted by Crippen LogP contribution is 2.35. The highest BCUT2D eigenvalue weighted by atomic mass is 35.5. The molecule has 0 atom stereocenters. The first-order valence-corrected chi connectivity index (χ1v) is 10.2. The smallest absolute Gasteiger partial charge is 0.359 e. The first kappa shape index (κ1) is 20.2. The van der Waals surface area contributed by atoms with Gasteiger partial charge in [0.1, 0.15) is 5.82 Å². The minimum Gasteiger partial charge on any atom is -0.461 e. The normalized spacial score (nSPS) is 10.8. The zero-order valence-electron chi connectivity index (χ0n) is 16.2. The van der Waals surface area contributed by atoms with Gasteiger partial charge >= 0.3 is 5.97 Å². The average Bonchev–Trinajstić information content (AvgIpc) is 3.15. The molecule has 0 saturated carbocycles. The molecule has 30 heavy (non-hydrogen) atoms. The minimum atomic E-state index is -0.495. The van der Waals surface area contributed by atoms with Crippen molar-refractivity contribution < 1.29 is 9.53 Å². The van der Waals surface area contributed by atoms with Crippen molar-refractivity contribution >= 4 is 29.2 Å². The van der Waals surface area contributed by atoms with Crippen molar-refractivity contribution in [3.05, 3.63) is 94.6 Å². The van der Waals surface area contributed by atoms with Crippen LogP contribution in [0.25, 0.3) is 28.3 Å². The molecule has 4 nitrogen and oxygen atoms in total. The van der Waals surface area contributed by atoms with Crippen LogP contribution in [0.5, 0.6) is 0 Å². The molecule has 0 fully saturated rings. The summed E-state index contributed by atoms with van der Waals surface area (Å²) < 4.78 is 7.23. The largest absolute Gasteiger partial charge is 0.461 e. The minimum absolute atomic E-state index is 0.220. The number of halogens is 2. The molecule has 0 aliphatic heterocycles. The Labute approximate surface area is 184 Å². The van der Waals surface area contributed by atoms with Crippen LogP contribution in [0.2, 0.25) is 10.0 Å². The van der Waals surface area contributed by atoms with E-state index in [1.54, 1.807) is 25.1 Å². The first-order valence-electron chi connectivity index (χ1n) is 9.45. The fraction of sp³-hybridized carbons (Fsp3) is 0.0833. The summed E-state index contributed by atoms with van der Waals surface area (Å²) in [5.74, 6) is 0.112. The number of aromatic nitrogens is 2. The summed E-state index contributed by atoms with van der Waals surface area (Å²) in [5, 5.41) is 1.14. The van der Waals surface area contributed by atoms with Gasteiger partial charge in [-0.25, -0.2) is 9.78 Å². The number of benzene rings is 3. The summed E-state index contributed by atoms with van der Waals surface area (Å²) >= 11 is 12.6. The molecule has 0 unspecified atom stereocenters. The number of ether oxygens (including phenoxy) is 1. The van der Waals surface area contributed by atoms with Gasteiger partial charge < -0.3 is 4.74 Å². The number of carbonyl (C=O) groups is 1. The molecule has 0 saturated heterocycles. The monoisotopic (exact) mass is 436 g/mol. The maximum Gasteiger partial charge on any atom is 0.359 e. The molecule has 150 valence electrons. The van der Waals surface area contributed by atoms with Gasteiger partial charge in [-0.2, -0.15) is 0 Å². The van der Waals surface area contributed by atoms with E-state index in [-0.39, 0.29) is 12.3 Å². The predicted octanol–water partition coefficient (Wildman–Crippen LogP) is 6.69. The lowest BCUT2D eigenvalue weighted by molar-refractivity contribution is 0.0521. The van der Waals surface area contributed by atoms with Gasteiger partial charge in [-0.15, -0.1) is 0 Å². The average molecular weight is 437 g/mol. The molecule has 0 aliphatic rings. The van der Waals surface area contributed by atoms with E-state index in [2.05, 4.69) is 0 Å². The Hall–Kier alpha value is -3.08. The number of hydrogen-bond donors (Lipinski definition) is 0. The Balaban J connectivity index is 2.09. The first-order chi connectivity index (χ1) is 14.6. The third kappa shape index (κ3) is 3.97. The second-order valence-electron chi connectivity index (χ2n) is 6.54. The van der Waals surface area contributed by atoms with Crippen molar-refractivity contribution in [3.8, 4) is 28.3 Å². The lowest BCUT2D eigenvalue weighted by Crippen LogP contribution is -2.08. The molecule has 1 heterocycles. The molecule has 0 N–H and O–H groups in total. The van der Waals surface area contributed by atoms with Gasteiger partial charge in [0, 0.05) is 26.9 Å². The van der Waals surface area contributed by atoms with Crippen LogP contribution in [-0.2, 0) is 4.74 Å². The van der Waals surface area contributed by atoms with E-state index in [9.17, 15) is 4.79 Å². The summed E-state index contributed by atoms with van der Waals surface area (Å²) in [6.45, 7) is 2.02. The van der Waals surface area contributed by atoms with Crippen LogP contribution in [-0.4, -0.2) is 22.1 Å². The second-order valence-corrected chi connectivity index (χ2v) is 7.42. The van der Waals surface area contributed by atoms with Crippen LogP contribution >= 0.6 is 23.2 Å².